The Morgan fingerprint density at radius 2 is 1.56 bits per heavy atom. The second-order valence-corrected chi connectivity index (χ2v) is 7.43. The number of amides is 5. The van der Waals surface area contributed by atoms with Crippen LogP contribution < -0.4 is 21.7 Å². The first kappa shape index (κ1) is 25.4. The van der Waals surface area contributed by atoms with Crippen LogP contribution in [0.1, 0.15) is 37.7 Å². The average molecular weight is 449 g/mol. The molecule has 1 aromatic carbocycles. The first-order valence-electron chi connectivity index (χ1n) is 10.9. The smallest absolute Gasteiger partial charge is 0.328 e. The Labute approximate surface area is 187 Å². The number of benzene rings is 1. The van der Waals surface area contributed by atoms with Crippen molar-refractivity contribution in [2.24, 2.45) is 5.73 Å². The highest BCUT2D eigenvalue weighted by atomic mass is 16.5. The Kier molecular flexibility index (Phi) is 10.8. The fourth-order valence-corrected chi connectivity index (χ4v) is 3.52. The van der Waals surface area contributed by atoms with Crippen LogP contribution in [0.3, 0.4) is 0 Å². The van der Waals surface area contributed by atoms with Gasteiger partial charge in [0, 0.05) is 19.5 Å². The monoisotopic (exact) mass is 448 g/mol. The van der Waals surface area contributed by atoms with Gasteiger partial charge in [0.15, 0.2) is 5.41 Å². The molecule has 1 aliphatic heterocycles. The van der Waals surface area contributed by atoms with E-state index in [-0.39, 0.29) is 12.3 Å². The number of urea groups is 1. The molecule has 1 fully saturated rings. The van der Waals surface area contributed by atoms with Gasteiger partial charge in [0.05, 0.1) is 26.4 Å². The zero-order valence-corrected chi connectivity index (χ0v) is 18.2. The minimum Gasteiger partial charge on any atom is -0.378 e. The molecule has 1 saturated heterocycles. The third-order valence-corrected chi connectivity index (χ3v) is 5.15. The van der Waals surface area contributed by atoms with E-state index in [4.69, 9.17) is 15.2 Å². The zero-order chi connectivity index (χ0) is 23.2. The topological polar surface area (TPSA) is 149 Å². The summed E-state index contributed by atoms with van der Waals surface area (Å²) < 4.78 is 10.5. The molecule has 5 N–H and O–H groups in total. The number of carbonyl (C=O) groups excluding carboxylic acids is 4. The standard InChI is InChI=1S/C22H32N4O6/c23-11-13-31-15-16-32-14-12-24-18(27)9-5-2-6-10-22(17-7-3-1-4-8-17)19(28)25-21(30)26-20(22)29/h1,3-4,7-8H,2,5-6,9-16,23H2,(H,24,27)(H2,25,26,28,29,30). The van der Waals surface area contributed by atoms with E-state index in [1.165, 1.54) is 0 Å². The highest BCUT2D eigenvalue weighted by Gasteiger charge is 2.51. The number of nitrogens with two attached hydrogens (primary N) is 1. The molecule has 1 aliphatic rings. The maximum atomic E-state index is 12.7. The number of carbonyl (C=O) groups is 4. The maximum Gasteiger partial charge on any atom is 0.328 e. The number of hydrogen-bond donors (Lipinski definition) is 4. The van der Waals surface area contributed by atoms with Crippen molar-refractivity contribution in [1.82, 2.24) is 16.0 Å². The molecule has 32 heavy (non-hydrogen) atoms. The van der Waals surface area contributed by atoms with Crippen LogP contribution in [0.5, 0.6) is 0 Å². The predicted molar refractivity (Wildman–Crippen MR) is 117 cm³/mol. The van der Waals surface area contributed by atoms with Gasteiger partial charge in [-0.3, -0.25) is 25.0 Å². The van der Waals surface area contributed by atoms with Gasteiger partial charge in [0.1, 0.15) is 0 Å². The molecule has 0 bridgehead atoms. The molecule has 0 spiro atoms. The largest absolute Gasteiger partial charge is 0.378 e. The Balaban J connectivity index is 1.71. The number of imide groups is 2. The molecule has 10 heteroatoms. The van der Waals surface area contributed by atoms with Crippen molar-refractivity contribution in [1.29, 1.82) is 0 Å². The molecule has 5 amide bonds. The van der Waals surface area contributed by atoms with E-state index >= 15 is 0 Å². The van der Waals surface area contributed by atoms with Crippen molar-refractivity contribution in [3.8, 4) is 0 Å². The van der Waals surface area contributed by atoms with Crippen LogP contribution >= 0.6 is 0 Å². The number of ether oxygens (including phenoxy) is 2. The summed E-state index contributed by atoms with van der Waals surface area (Å²) in [6, 6.07) is 7.88. The number of nitrogens with one attached hydrogen (secondary N) is 3. The van der Waals surface area contributed by atoms with Crippen molar-refractivity contribution in [3.63, 3.8) is 0 Å². The van der Waals surface area contributed by atoms with E-state index in [2.05, 4.69) is 16.0 Å². The summed E-state index contributed by atoms with van der Waals surface area (Å²) in [6.45, 7) is 2.72. The first-order chi connectivity index (χ1) is 15.5. The van der Waals surface area contributed by atoms with E-state index in [0.29, 0.717) is 70.8 Å². The maximum absolute atomic E-state index is 12.7. The van der Waals surface area contributed by atoms with Gasteiger partial charge < -0.3 is 20.5 Å². The van der Waals surface area contributed by atoms with Crippen LogP contribution in [0.2, 0.25) is 0 Å². The second kappa shape index (κ2) is 13.6. The van der Waals surface area contributed by atoms with Crippen molar-refractivity contribution >= 4 is 23.8 Å². The molecule has 10 nitrogen and oxygen atoms in total. The third-order valence-electron chi connectivity index (χ3n) is 5.15. The molecule has 0 atom stereocenters. The molecule has 0 unspecified atom stereocenters. The van der Waals surface area contributed by atoms with Gasteiger partial charge in [-0.15, -0.1) is 0 Å². The number of unbranched alkanes of at least 4 members (excludes halogenated alkanes) is 2. The van der Waals surface area contributed by atoms with E-state index in [0.717, 1.165) is 0 Å². The van der Waals surface area contributed by atoms with Crippen LogP contribution in [0, 0.1) is 0 Å². The van der Waals surface area contributed by atoms with Crippen molar-refractivity contribution < 1.29 is 28.7 Å². The summed E-state index contributed by atoms with van der Waals surface area (Å²) >= 11 is 0. The summed E-state index contributed by atoms with van der Waals surface area (Å²) in [4.78, 5) is 48.8. The number of hydrogen-bond acceptors (Lipinski definition) is 7. The lowest BCUT2D eigenvalue weighted by molar-refractivity contribution is -0.139. The van der Waals surface area contributed by atoms with E-state index in [9.17, 15) is 19.2 Å². The minimum atomic E-state index is -1.46. The van der Waals surface area contributed by atoms with Crippen LogP contribution in [0.25, 0.3) is 0 Å². The molecular formula is C22H32N4O6. The Bertz CT molecular complexity index is 751. The Morgan fingerprint density at radius 1 is 0.906 bits per heavy atom. The first-order valence-corrected chi connectivity index (χ1v) is 10.9. The van der Waals surface area contributed by atoms with Gasteiger partial charge in [-0.25, -0.2) is 4.79 Å². The fraction of sp³-hybridized carbons (Fsp3) is 0.545. The lowest BCUT2D eigenvalue weighted by atomic mass is 9.73. The van der Waals surface area contributed by atoms with Gasteiger partial charge in [0.2, 0.25) is 17.7 Å². The zero-order valence-electron chi connectivity index (χ0n) is 18.2. The summed E-state index contributed by atoms with van der Waals surface area (Å²) in [5.41, 5.74) is 4.39. The highest BCUT2D eigenvalue weighted by molar-refractivity contribution is 6.22. The SMILES string of the molecule is NCCOCCOCCNC(=O)CCCCCC1(c2ccccc2)C(=O)NC(=O)NC1=O. The van der Waals surface area contributed by atoms with Crippen LogP contribution in [0.15, 0.2) is 30.3 Å². The lowest BCUT2D eigenvalue weighted by Crippen LogP contribution is -2.64. The molecule has 1 aromatic rings. The van der Waals surface area contributed by atoms with Gasteiger partial charge in [-0.05, 0) is 18.4 Å². The van der Waals surface area contributed by atoms with E-state index < -0.39 is 23.3 Å². The molecule has 0 aromatic heterocycles. The summed E-state index contributed by atoms with van der Waals surface area (Å²) in [5, 5.41) is 7.20. The highest BCUT2D eigenvalue weighted by Crippen LogP contribution is 2.33. The van der Waals surface area contributed by atoms with Gasteiger partial charge in [0.25, 0.3) is 0 Å². The lowest BCUT2D eigenvalue weighted by Gasteiger charge is -2.34. The molecule has 1 heterocycles. The molecular weight excluding hydrogens is 416 g/mol. The molecule has 0 radical (unpaired) electrons. The fourth-order valence-electron chi connectivity index (χ4n) is 3.52. The average Bonchev–Trinajstić information content (AvgIpc) is 2.77. The number of rotatable bonds is 15. The van der Waals surface area contributed by atoms with Crippen molar-refractivity contribution in [3.05, 3.63) is 35.9 Å². The normalized spacial score (nSPS) is 15.2. The van der Waals surface area contributed by atoms with Crippen molar-refractivity contribution in [2.75, 3.05) is 39.5 Å². The quantitative estimate of drug-likeness (QED) is 0.223. The molecule has 176 valence electrons. The summed E-state index contributed by atoms with van der Waals surface area (Å²) in [6.07, 6.45) is 2.40. The number of barbiturate groups is 1. The van der Waals surface area contributed by atoms with E-state index in [1.807, 2.05) is 0 Å². The van der Waals surface area contributed by atoms with E-state index in [1.54, 1.807) is 30.3 Å². The molecule has 0 saturated carbocycles. The predicted octanol–water partition coefficient (Wildman–Crippen LogP) is 0.349. The molecule has 2 rings (SSSR count). The van der Waals surface area contributed by atoms with Gasteiger partial charge in [-0.2, -0.15) is 0 Å². The minimum absolute atomic E-state index is 0.0792. The van der Waals surface area contributed by atoms with Gasteiger partial charge >= 0.3 is 6.03 Å². The van der Waals surface area contributed by atoms with Crippen LogP contribution in [-0.2, 0) is 29.3 Å². The summed E-state index contributed by atoms with van der Waals surface area (Å²) in [7, 11) is 0. The second-order valence-electron chi connectivity index (χ2n) is 7.43. The third kappa shape index (κ3) is 7.40. The Morgan fingerprint density at radius 3 is 2.22 bits per heavy atom. The van der Waals surface area contributed by atoms with Crippen LogP contribution in [0.4, 0.5) is 4.79 Å². The molecule has 0 aliphatic carbocycles. The van der Waals surface area contributed by atoms with Crippen LogP contribution in [-0.4, -0.2) is 63.3 Å². The van der Waals surface area contributed by atoms with Gasteiger partial charge in [-0.1, -0.05) is 43.2 Å². The Hall–Kier alpha value is -2.82. The summed E-state index contributed by atoms with van der Waals surface area (Å²) in [5.74, 6) is -1.32. The van der Waals surface area contributed by atoms with Crippen molar-refractivity contribution in [2.45, 2.75) is 37.5 Å².